The molecule has 1 amide bonds. The van der Waals surface area contributed by atoms with E-state index in [1.165, 1.54) is 32.1 Å². The normalized spacial score (nSPS) is 35.0. The van der Waals surface area contributed by atoms with Crippen LogP contribution in [-0.4, -0.2) is 22.1 Å². The molecule has 3 fully saturated rings. The van der Waals surface area contributed by atoms with E-state index in [2.05, 4.69) is 15.5 Å². The highest BCUT2D eigenvalue weighted by molar-refractivity contribution is 5.76. The fourth-order valence-electron chi connectivity index (χ4n) is 5.33. The van der Waals surface area contributed by atoms with Crippen molar-refractivity contribution in [2.45, 2.75) is 70.8 Å². The molecule has 0 saturated heterocycles. The highest BCUT2D eigenvalue weighted by Crippen LogP contribution is 2.58. The van der Waals surface area contributed by atoms with Crippen LogP contribution in [0.25, 0.3) is 0 Å². The molecule has 23 heavy (non-hydrogen) atoms. The summed E-state index contributed by atoms with van der Waals surface area (Å²) in [4.78, 5) is 12.3. The topological polar surface area (TPSA) is 68.0 Å². The molecule has 5 nitrogen and oxygen atoms in total. The third kappa shape index (κ3) is 2.79. The van der Waals surface area contributed by atoms with Gasteiger partial charge in [-0.15, -0.1) is 10.2 Å². The number of amides is 1. The number of hydrogen-bond acceptors (Lipinski definition) is 4. The summed E-state index contributed by atoms with van der Waals surface area (Å²) in [6.45, 7) is 4.05. The number of aromatic nitrogens is 2. The molecule has 1 aromatic heterocycles. The molecule has 0 aromatic carbocycles. The Morgan fingerprint density at radius 1 is 1.22 bits per heavy atom. The molecule has 0 unspecified atom stereocenters. The Bertz CT molecular complexity index is 583. The van der Waals surface area contributed by atoms with Crippen molar-refractivity contribution in [1.29, 1.82) is 0 Å². The molecule has 5 atom stereocenters. The van der Waals surface area contributed by atoms with Gasteiger partial charge in [0, 0.05) is 24.8 Å². The molecule has 0 radical (unpaired) electrons. The number of nitrogens with one attached hydrogen (secondary N) is 1. The van der Waals surface area contributed by atoms with Crippen LogP contribution >= 0.6 is 0 Å². The molecule has 0 aliphatic heterocycles. The molecule has 5 heteroatoms. The molecule has 1 aromatic rings. The molecule has 3 saturated carbocycles. The maximum Gasteiger partial charge on any atom is 0.220 e. The number of rotatable bonds is 5. The number of fused-ring (bicyclic) bond motifs is 5. The summed E-state index contributed by atoms with van der Waals surface area (Å²) in [5.74, 6) is 5.09. The number of carbonyl (C=O) groups excluding carboxylic acids is 1. The molecule has 126 valence electrons. The fraction of sp³-hybridized carbons (Fsp3) is 0.833. The Balaban J connectivity index is 1.27. The minimum atomic E-state index is 0.140. The van der Waals surface area contributed by atoms with E-state index >= 15 is 0 Å². The molecule has 2 bridgehead atoms. The average molecular weight is 317 g/mol. The second kappa shape index (κ2) is 5.91. The molecule has 3 aliphatic carbocycles. The summed E-state index contributed by atoms with van der Waals surface area (Å²) >= 11 is 0. The van der Waals surface area contributed by atoms with Crippen molar-refractivity contribution in [3.05, 3.63) is 11.8 Å². The van der Waals surface area contributed by atoms with E-state index in [1.54, 1.807) is 0 Å². The van der Waals surface area contributed by atoms with Gasteiger partial charge in [0.05, 0.1) is 0 Å². The van der Waals surface area contributed by atoms with Crippen LogP contribution in [0.4, 0.5) is 0 Å². The lowest BCUT2D eigenvalue weighted by atomic mass is 9.79. The molecule has 0 spiro atoms. The summed E-state index contributed by atoms with van der Waals surface area (Å²) in [6, 6.07) is 0.417. The third-order valence-corrected chi connectivity index (χ3v) is 6.32. The zero-order valence-corrected chi connectivity index (χ0v) is 14.1. The summed E-state index contributed by atoms with van der Waals surface area (Å²) in [6.07, 6.45) is 7.76. The number of aryl methyl sites for hydroxylation is 1. The van der Waals surface area contributed by atoms with Crippen molar-refractivity contribution in [2.24, 2.45) is 23.7 Å². The lowest BCUT2D eigenvalue weighted by Gasteiger charge is -2.32. The molecule has 1 heterocycles. The van der Waals surface area contributed by atoms with Crippen LogP contribution in [0.3, 0.4) is 0 Å². The quantitative estimate of drug-likeness (QED) is 0.906. The van der Waals surface area contributed by atoms with Crippen LogP contribution in [0.2, 0.25) is 0 Å². The Morgan fingerprint density at radius 3 is 2.83 bits per heavy atom. The zero-order valence-electron chi connectivity index (χ0n) is 14.1. The average Bonchev–Trinajstić information content (AvgIpc) is 3.25. The molecule has 4 rings (SSSR count). The highest BCUT2D eigenvalue weighted by atomic mass is 16.4. The van der Waals surface area contributed by atoms with Crippen LogP contribution in [-0.2, 0) is 11.2 Å². The van der Waals surface area contributed by atoms with Gasteiger partial charge in [-0.25, -0.2) is 0 Å². The van der Waals surface area contributed by atoms with Gasteiger partial charge in [-0.05, 0) is 49.4 Å². The van der Waals surface area contributed by atoms with Crippen LogP contribution < -0.4 is 5.32 Å². The van der Waals surface area contributed by atoms with E-state index in [0.717, 1.165) is 23.7 Å². The van der Waals surface area contributed by atoms with Gasteiger partial charge < -0.3 is 9.73 Å². The summed E-state index contributed by atoms with van der Waals surface area (Å²) in [5.41, 5.74) is 0. The number of hydrogen-bond donors (Lipinski definition) is 1. The first kappa shape index (κ1) is 15.2. The maximum atomic E-state index is 12.3. The molecular formula is C18H27N3O2. The standard InChI is InChI=1S/C18H27N3O2/c1-10(2)18-21-20-17(23-18)7-6-16(22)19-15-9-11-8-14(15)13-5-3-4-12(11)13/h10-15H,3-9H2,1-2H3,(H,19,22)/t11-,12-,13-,14+,15-/m1/s1. The third-order valence-electron chi connectivity index (χ3n) is 6.32. The molecule has 1 N–H and O–H groups in total. The van der Waals surface area contributed by atoms with Crippen molar-refractivity contribution in [2.75, 3.05) is 0 Å². The van der Waals surface area contributed by atoms with Gasteiger partial charge in [-0.1, -0.05) is 20.3 Å². The maximum absolute atomic E-state index is 12.3. The van der Waals surface area contributed by atoms with Crippen molar-refractivity contribution >= 4 is 5.91 Å². The van der Waals surface area contributed by atoms with E-state index in [9.17, 15) is 4.79 Å². The Labute approximate surface area is 137 Å². The van der Waals surface area contributed by atoms with E-state index in [1.807, 2.05) is 13.8 Å². The monoisotopic (exact) mass is 317 g/mol. The van der Waals surface area contributed by atoms with Gasteiger partial charge in [-0.2, -0.15) is 0 Å². The van der Waals surface area contributed by atoms with Gasteiger partial charge in [0.1, 0.15) is 0 Å². The smallest absolute Gasteiger partial charge is 0.220 e. The van der Waals surface area contributed by atoms with Crippen LogP contribution in [0.15, 0.2) is 4.42 Å². The van der Waals surface area contributed by atoms with Crippen molar-refractivity contribution < 1.29 is 9.21 Å². The summed E-state index contributed by atoms with van der Waals surface area (Å²) in [5, 5.41) is 11.3. The van der Waals surface area contributed by atoms with Gasteiger partial charge in [0.2, 0.25) is 17.7 Å². The van der Waals surface area contributed by atoms with Crippen LogP contribution in [0.1, 0.15) is 70.1 Å². The van der Waals surface area contributed by atoms with Crippen LogP contribution in [0, 0.1) is 23.7 Å². The van der Waals surface area contributed by atoms with Gasteiger partial charge >= 0.3 is 0 Å². The highest BCUT2D eigenvalue weighted by Gasteiger charge is 2.53. The van der Waals surface area contributed by atoms with Crippen LogP contribution in [0.5, 0.6) is 0 Å². The van der Waals surface area contributed by atoms with Crippen molar-refractivity contribution in [1.82, 2.24) is 15.5 Å². The lowest BCUT2D eigenvalue weighted by molar-refractivity contribution is -0.122. The van der Waals surface area contributed by atoms with E-state index in [-0.39, 0.29) is 11.8 Å². The number of nitrogens with zero attached hydrogens (tertiary/aromatic N) is 2. The first-order valence-electron chi connectivity index (χ1n) is 9.23. The molecule has 3 aliphatic rings. The predicted molar refractivity (Wildman–Crippen MR) is 85.7 cm³/mol. The SMILES string of the molecule is CC(C)c1nnc(CCC(=O)N[C@@H]2C[C@H]3C[C@H]2[C@@H]2CCC[C@H]32)o1. The van der Waals surface area contributed by atoms with E-state index < -0.39 is 0 Å². The first-order chi connectivity index (χ1) is 11.1. The Kier molecular flexibility index (Phi) is 3.90. The van der Waals surface area contributed by atoms with Crippen molar-refractivity contribution in [3.63, 3.8) is 0 Å². The van der Waals surface area contributed by atoms with Gasteiger partial charge in [-0.3, -0.25) is 4.79 Å². The molecular weight excluding hydrogens is 290 g/mol. The largest absolute Gasteiger partial charge is 0.425 e. The minimum Gasteiger partial charge on any atom is -0.425 e. The lowest BCUT2D eigenvalue weighted by Crippen LogP contribution is -2.42. The van der Waals surface area contributed by atoms with Gasteiger partial charge in [0.15, 0.2) is 0 Å². The van der Waals surface area contributed by atoms with E-state index in [4.69, 9.17) is 4.42 Å². The fourth-order valence-corrected chi connectivity index (χ4v) is 5.33. The minimum absolute atomic E-state index is 0.140. The first-order valence-corrected chi connectivity index (χ1v) is 9.23. The predicted octanol–water partition coefficient (Wildman–Crippen LogP) is 3.07. The van der Waals surface area contributed by atoms with Gasteiger partial charge in [0.25, 0.3) is 0 Å². The Hall–Kier alpha value is -1.39. The Morgan fingerprint density at radius 2 is 2.04 bits per heavy atom. The second-order valence-corrected chi connectivity index (χ2v) is 8.02. The van der Waals surface area contributed by atoms with Crippen molar-refractivity contribution in [3.8, 4) is 0 Å². The number of carbonyl (C=O) groups is 1. The zero-order chi connectivity index (χ0) is 16.0. The second-order valence-electron chi connectivity index (χ2n) is 8.02. The summed E-state index contributed by atoms with van der Waals surface area (Å²) in [7, 11) is 0. The summed E-state index contributed by atoms with van der Waals surface area (Å²) < 4.78 is 5.57. The van der Waals surface area contributed by atoms with E-state index in [0.29, 0.717) is 30.7 Å².